The number of nitrogens with zero attached hydrogens (tertiary/aromatic N) is 4. The summed E-state index contributed by atoms with van der Waals surface area (Å²) in [4.78, 5) is 0. The Morgan fingerprint density at radius 1 is 0.286 bits per heavy atom. The Labute approximate surface area is 265 Å². The van der Waals surface area contributed by atoms with Crippen LogP contribution < -0.4 is 0 Å². The van der Waals surface area contributed by atoms with Crippen molar-refractivity contribution in [3.63, 3.8) is 0 Å². The molecule has 5 atom stereocenters. The molecule has 0 spiro atoms. The first-order chi connectivity index (χ1) is 20.1. The molecule has 0 radical (unpaired) electrons. The highest BCUT2D eigenvalue weighted by atomic mass is 15.3. The van der Waals surface area contributed by atoms with Gasteiger partial charge in [0.25, 0.3) is 0 Å². The lowest BCUT2D eigenvalue weighted by Gasteiger charge is -2.38. The molecule has 0 saturated carbocycles. The zero-order valence-electron chi connectivity index (χ0n) is 30.0. The molecule has 0 N–H and O–H groups in total. The van der Waals surface area contributed by atoms with E-state index in [1.807, 2.05) is 0 Å². The van der Waals surface area contributed by atoms with Gasteiger partial charge in [0, 0.05) is 5.92 Å². The predicted octanol–water partition coefficient (Wildman–Crippen LogP) is 8.25. The molecule has 0 aliphatic carbocycles. The van der Waals surface area contributed by atoms with Gasteiger partial charge in [0.05, 0.1) is 107 Å². The van der Waals surface area contributed by atoms with Crippen LogP contribution in [0.5, 0.6) is 0 Å². The summed E-state index contributed by atoms with van der Waals surface area (Å²) in [6.45, 7) is 19.6. The zero-order valence-corrected chi connectivity index (χ0v) is 30.0. The minimum atomic E-state index is 0.859. The number of quaternary nitrogens is 4. The molecule has 4 rings (SSSR count). The number of hydrogen-bond donors (Lipinski definition) is 0. The van der Waals surface area contributed by atoms with Crippen LogP contribution in [0.2, 0.25) is 0 Å². The summed E-state index contributed by atoms with van der Waals surface area (Å²) < 4.78 is 5.39. The van der Waals surface area contributed by atoms with Gasteiger partial charge in [-0.2, -0.15) is 0 Å². The van der Waals surface area contributed by atoms with Crippen LogP contribution in [0.15, 0.2) is 0 Å². The third-order valence-electron chi connectivity index (χ3n) is 12.4. The van der Waals surface area contributed by atoms with Crippen LogP contribution in [0.1, 0.15) is 135 Å². The molecule has 42 heavy (non-hydrogen) atoms. The quantitative estimate of drug-likeness (QED) is 0.249. The molecule has 4 aliphatic heterocycles. The molecule has 4 nitrogen and oxygen atoms in total. The lowest BCUT2D eigenvalue weighted by atomic mass is 10.0. The van der Waals surface area contributed by atoms with E-state index in [-0.39, 0.29) is 0 Å². The molecular weight excluding hydrogens is 512 g/mol. The lowest BCUT2D eigenvalue weighted by molar-refractivity contribution is -0.914. The van der Waals surface area contributed by atoms with Crippen LogP contribution in [0.25, 0.3) is 0 Å². The fraction of sp³-hybridized carbons (Fsp3) is 1.00. The van der Waals surface area contributed by atoms with Gasteiger partial charge in [-0.1, -0.05) is 6.92 Å². The second-order valence-corrected chi connectivity index (χ2v) is 17.2. The highest BCUT2D eigenvalue weighted by molar-refractivity contribution is 4.59. The topological polar surface area (TPSA) is 0 Å². The van der Waals surface area contributed by atoms with Gasteiger partial charge in [-0.25, -0.2) is 0 Å². The smallest absolute Gasteiger partial charge is 0.0810 e. The number of hydrogen-bond acceptors (Lipinski definition) is 0. The van der Waals surface area contributed by atoms with Crippen LogP contribution >= 0.6 is 0 Å². The number of fused-ring (bicyclic) bond motifs is 27. The summed E-state index contributed by atoms with van der Waals surface area (Å²) in [5.41, 5.74) is 0. The Hall–Kier alpha value is -0.160. The maximum absolute atomic E-state index is 2.64. The van der Waals surface area contributed by atoms with Crippen molar-refractivity contribution in [2.24, 2.45) is 5.92 Å². The highest BCUT2D eigenvalue weighted by Crippen LogP contribution is 2.23. The van der Waals surface area contributed by atoms with E-state index < -0.39 is 0 Å². The third-order valence-corrected chi connectivity index (χ3v) is 12.4. The lowest BCUT2D eigenvalue weighted by Crippen LogP contribution is -2.49. The Bertz CT molecular complexity index is 709. The van der Waals surface area contributed by atoms with Gasteiger partial charge < -0.3 is 17.9 Å². The van der Waals surface area contributed by atoms with E-state index in [9.17, 15) is 0 Å². The molecule has 4 heterocycles. The molecule has 248 valence electrons. The van der Waals surface area contributed by atoms with E-state index in [1.54, 1.807) is 0 Å². The molecule has 0 aromatic heterocycles. The maximum Gasteiger partial charge on any atom is 0.0810 e. The van der Waals surface area contributed by atoms with Crippen molar-refractivity contribution >= 4 is 0 Å². The Morgan fingerprint density at radius 3 is 0.786 bits per heavy atom. The monoisotopic (exact) mass is 593 g/mol. The van der Waals surface area contributed by atoms with Crippen LogP contribution in [0.3, 0.4) is 0 Å². The van der Waals surface area contributed by atoms with Crippen molar-refractivity contribution in [1.29, 1.82) is 0 Å². The molecule has 4 saturated heterocycles. The van der Waals surface area contributed by atoms with Crippen LogP contribution in [0, 0.1) is 5.92 Å². The first-order valence-electron chi connectivity index (χ1n) is 19.5. The molecule has 4 aliphatic rings. The Balaban J connectivity index is 1.85. The summed E-state index contributed by atoms with van der Waals surface area (Å²) in [7, 11) is 10.5. The Morgan fingerprint density at radius 2 is 0.500 bits per heavy atom. The van der Waals surface area contributed by atoms with E-state index in [2.05, 4.69) is 35.1 Å². The summed E-state index contributed by atoms with van der Waals surface area (Å²) >= 11 is 0. The van der Waals surface area contributed by atoms with Crippen molar-refractivity contribution in [2.75, 3.05) is 107 Å². The predicted molar refractivity (Wildman–Crippen MR) is 185 cm³/mol. The minimum Gasteiger partial charge on any atom is -0.326 e. The summed E-state index contributed by atoms with van der Waals surface area (Å²) in [6.07, 6.45) is 28.9. The second-order valence-electron chi connectivity index (χ2n) is 17.2. The zero-order chi connectivity index (χ0) is 30.2. The molecule has 4 heteroatoms. The van der Waals surface area contributed by atoms with Gasteiger partial charge >= 0.3 is 0 Å². The van der Waals surface area contributed by atoms with Crippen molar-refractivity contribution < 1.29 is 17.9 Å². The summed E-state index contributed by atoms with van der Waals surface area (Å²) in [6, 6.07) is 0. The largest absolute Gasteiger partial charge is 0.326 e. The van der Waals surface area contributed by atoms with E-state index in [0.29, 0.717) is 0 Å². The summed E-state index contributed by atoms with van der Waals surface area (Å²) in [5.74, 6) is 0.859. The van der Waals surface area contributed by atoms with Gasteiger partial charge in [-0.05, 0) is 128 Å². The van der Waals surface area contributed by atoms with Crippen molar-refractivity contribution in [3.8, 4) is 0 Å². The first-order valence-corrected chi connectivity index (χ1v) is 19.5. The van der Waals surface area contributed by atoms with Crippen molar-refractivity contribution in [2.45, 2.75) is 135 Å². The van der Waals surface area contributed by atoms with Crippen molar-refractivity contribution in [3.05, 3.63) is 0 Å². The van der Waals surface area contributed by atoms with E-state index >= 15 is 0 Å². The highest BCUT2D eigenvalue weighted by Gasteiger charge is 2.28. The molecule has 4 unspecified atom stereocenters. The van der Waals surface area contributed by atoms with Gasteiger partial charge in [0.15, 0.2) is 0 Å². The Kier molecular flexibility index (Phi) is 16.2. The van der Waals surface area contributed by atoms with Gasteiger partial charge in [0.1, 0.15) is 0 Å². The molecule has 0 amide bonds. The van der Waals surface area contributed by atoms with Crippen LogP contribution in [0.4, 0.5) is 0 Å². The molecular formula is C38H80N4+4. The van der Waals surface area contributed by atoms with Crippen LogP contribution in [-0.2, 0) is 0 Å². The number of rotatable bonds is 0. The standard InChI is InChI=1S/C38H80N4/c1-38-25-24-36-41(4)29-17-7-6-14-26-39(2)27-15-8-10-18-34-42(5,37-38)35-19-11-9-16-28-40(3,31-21-12-20-30-39)32-22-13-23-33-41/h38H,6-37H2,1-5H3/q+4/t38-,39?,40?,41?,42?/m0/s1. The normalized spacial score (nSPS) is 39.5. The first kappa shape index (κ1) is 36.3. The van der Waals surface area contributed by atoms with E-state index in [4.69, 9.17) is 0 Å². The molecule has 0 aromatic carbocycles. The average molecular weight is 593 g/mol. The van der Waals surface area contributed by atoms with E-state index in [0.717, 1.165) is 5.92 Å². The fourth-order valence-electron chi connectivity index (χ4n) is 9.32. The van der Waals surface area contributed by atoms with Gasteiger partial charge in [-0.3, -0.25) is 0 Å². The molecule has 4 bridgehead atoms. The fourth-order valence-corrected chi connectivity index (χ4v) is 9.32. The molecule has 4 fully saturated rings. The van der Waals surface area contributed by atoms with Crippen LogP contribution in [-0.4, -0.2) is 125 Å². The van der Waals surface area contributed by atoms with Crippen molar-refractivity contribution in [1.82, 2.24) is 0 Å². The summed E-state index contributed by atoms with van der Waals surface area (Å²) in [5, 5.41) is 0. The minimum absolute atomic E-state index is 0.859. The molecule has 0 aromatic rings. The van der Waals surface area contributed by atoms with Gasteiger partial charge in [0.2, 0.25) is 0 Å². The van der Waals surface area contributed by atoms with Gasteiger partial charge in [-0.15, -0.1) is 0 Å². The maximum atomic E-state index is 2.64. The average Bonchev–Trinajstić information content (AvgIpc) is 2.93. The SMILES string of the molecule is C[C@H]1CCC[N+]2(C)CCCCCC[N+]3(C)CCCCCC[N+](C)(CCCCCC[N+](C)(CCCCC3)CCCCC2)C1. The van der Waals surface area contributed by atoms with E-state index in [1.165, 1.54) is 225 Å². The second kappa shape index (κ2) is 18.7. The third kappa shape index (κ3) is 14.3.